The molecule has 1 N–H and O–H groups in total. The van der Waals surface area contributed by atoms with Gasteiger partial charge in [-0.05, 0) is 37.6 Å². The zero-order valence-corrected chi connectivity index (χ0v) is 13.1. The fourth-order valence-corrected chi connectivity index (χ4v) is 2.89. The molecule has 1 atom stereocenters. The quantitative estimate of drug-likeness (QED) is 0.941. The molecule has 1 amide bonds. The van der Waals surface area contributed by atoms with Gasteiger partial charge in [0.15, 0.2) is 0 Å². The van der Waals surface area contributed by atoms with Gasteiger partial charge in [0.05, 0.1) is 11.6 Å². The minimum absolute atomic E-state index is 0.0667. The van der Waals surface area contributed by atoms with Gasteiger partial charge in [-0.1, -0.05) is 12.1 Å². The Morgan fingerprint density at radius 1 is 1.26 bits per heavy atom. The van der Waals surface area contributed by atoms with Gasteiger partial charge in [-0.15, -0.1) is 0 Å². The standard InChI is InChI=1S/C17H19N3O3/c1-11(2)20-15(7-8-18-20)12-3-5-14(6-4-12)19-10-13(17(22)23)9-16(19)21/h3-8,11,13H,9-10H2,1-2H3,(H,22,23). The first kappa shape index (κ1) is 15.3. The average Bonchev–Trinajstić information content (AvgIpc) is 3.14. The molecule has 0 aliphatic carbocycles. The van der Waals surface area contributed by atoms with Gasteiger partial charge in [0.25, 0.3) is 0 Å². The second-order valence-corrected chi connectivity index (χ2v) is 6.05. The van der Waals surface area contributed by atoms with Crippen LogP contribution in [0, 0.1) is 5.92 Å². The Bertz CT molecular complexity index is 734. The molecule has 0 saturated carbocycles. The summed E-state index contributed by atoms with van der Waals surface area (Å²) in [6.07, 6.45) is 1.84. The van der Waals surface area contributed by atoms with Gasteiger partial charge in [-0.2, -0.15) is 5.10 Å². The van der Waals surface area contributed by atoms with E-state index in [1.54, 1.807) is 11.1 Å². The predicted molar refractivity (Wildman–Crippen MR) is 86.1 cm³/mol. The van der Waals surface area contributed by atoms with E-state index in [1.807, 2.05) is 35.0 Å². The third-order valence-corrected chi connectivity index (χ3v) is 4.11. The van der Waals surface area contributed by atoms with Gasteiger partial charge in [0.1, 0.15) is 0 Å². The topological polar surface area (TPSA) is 75.4 Å². The van der Waals surface area contributed by atoms with Crippen molar-refractivity contribution < 1.29 is 14.7 Å². The first-order valence-corrected chi connectivity index (χ1v) is 7.64. The number of rotatable bonds is 4. The van der Waals surface area contributed by atoms with Crippen LogP contribution in [-0.4, -0.2) is 33.3 Å². The molecule has 2 heterocycles. The van der Waals surface area contributed by atoms with Gasteiger partial charge in [0.2, 0.25) is 5.91 Å². The molecule has 120 valence electrons. The van der Waals surface area contributed by atoms with Crippen molar-refractivity contribution in [1.82, 2.24) is 9.78 Å². The molecular weight excluding hydrogens is 294 g/mol. The van der Waals surface area contributed by atoms with Crippen LogP contribution in [0.2, 0.25) is 0 Å². The van der Waals surface area contributed by atoms with Crippen molar-refractivity contribution in [3.8, 4) is 11.3 Å². The highest BCUT2D eigenvalue weighted by Crippen LogP contribution is 2.28. The average molecular weight is 313 g/mol. The van der Waals surface area contributed by atoms with E-state index in [0.717, 1.165) is 16.9 Å². The summed E-state index contributed by atoms with van der Waals surface area (Å²) in [6.45, 7) is 4.37. The first-order chi connectivity index (χ1) is 11.0. The third-order valence-electron chi connectivity index (χ3n) is 4.11. The molecule has 1 aromatic heterocycles. The van der Waals surface area contributed by atoms with Gasteiger partial charge in [-0.3, -0.25) is 14.3 Å². The van der Waals surface area contributed by atoms with Gasteiger partial charge in [-0.25, -0.2) is 0 Å². The number of carboxylic acid groups (broad SMARTS) is 1. The maximum absolute atomic E-state index is 12.0. The van der Waals surface area contributed by atoms with E-state index in [0.29, 0.717) is 0 Å². The Morgan fingerprint density at radius 2 is 1.96 bits per heavy atom. The number of hydrogen-bond donors (Lipinski definition) is 1. The number of aromatic nitrogens is 2. The first-order valence-electron chi connectivity index (χ1n) is 7.64. The van der Waals surface area contributed by atoms with Crippen molar-refractivity contribution in [1.29, 1.82) is 0 Å². The molecule has 1 fully saturated rings. The molecule has 2 aromatic rings. The number of carbonyl (C=O) groups excluding carboxylic acids is 1. The highest BCUT2D eigenvalue weighted by molar-refractivity contribution is 5.99. The Labute approximate surface area is 134 Å². The van der Waals surface area contributed by atoms with E-state index < -0.39 is 11.9 Å². The zero-order chi connectivity index (χ0) is 16.6. The molecule has 6 nitrogen and oxygen atoms in total. The second kappa shape index (κ2) is 5.87. The lowest BCUT2D eigenvalue weighted by atomic mass is 10.1. The lowest BCUT2D eigenvalue weighted by molar-refractivity contribution is -0.141. The van der Waals surface area contributed by atoms with E-state index in [2.05, 4.69) is 18.9 Å². The highest BCUT2D eigenvalue weighted by Gasteiger charge is 2.34. The number of nitrogens with zero attached hydrogens (tertiary/aromatic N) is 3. The van der Waals surface area contributed by atoms with E-state index >= 15 is 0 Å². The molecule has 1 aromatic carbocycles. The van der Waals surface area contributed by atoms with E-state index in [9.17, 15) is 9.59 Å². The van der Waals surface area contributed by atoms with Crippen LogP contribution in [0.1, 0.15) is 26.3 Å². The van der Waals surface area contributed by atoms with Crippen molar-refractivity contribution in [2.75, 3.05) is 11.4 Å². The summed E-state index contributed by atoms with van der Waals surface area (Å²) >= 11 is 0. The SMILES string of the molecule is CC(C)n1nccc1-c1ccc(N2CC(C(=O)O)CC2=O)cc1. The molecule has 0 bridgehead atoms. The molecule has 0 radical (unpaired) electrons. The van der Waals surface area contributed by atoms with Crippen LogP contribution in [0.25, 0.3) is 11.3 Å². The number of anilines is 1. The summed E-state index contributed by atoms with van der Waals surface area (Å²) in [5.74, 6) is -1.68. The predicted octanol–water partition coefficient (Wildman–Crippen LogP) is 2.57. The zero-order valence-electron chi connectivity index (χ0n) is 13.1. The summed E-state index contributed by atoms with van der Waals surface area (Å²) in [5, 5.41) is 13.4. The fourth-order valence-electron chi connectivity index (χ4n) is 2.89. The maximum Gasteiger partial charge on any atom is 0.308 e. The lowest BCUT2D eigenvalue weighted by Gasteiger charge is -2.17. The van der Waals surface area contributed by atoms with Gasteiger partial charge in [0, 0.05) is 30.9 Å². The molecule has 6 heteroatoms. The Hall–Kier alpha value is -2.63. The molecular formula is C17H19N3O3. The van der Waals surface area contributed by atoms with Crippen LogP contribution < -0.4 is 4.90 Å². The van der Waals surface area contributed by atoms with Gasteiger partial charge >= 0.3 is 5.97 Å². The van der Waals surface area contributed by atoms with E-state index in [1.165, 1.54) is 0 Å². The summed E-state index contributed by atoms with van der Waals surface area (Å²) in [5.41, 5.74) is 2.77. The monoisotopic (exact) mass is 313 g/mol. The largest absolute Gasteiger partial charge is 0.481 e. The molecule has 1 aliphatic rings. The maximum atomic E-state index is 12.0. The Balaban J connectivity index is 1.84. The van der Waals surface area contributed by atoms with Crippen LogP contribution in [0.3, 0.4) is 0 Å². The fraction of sp³-hybridized carbons (Fsp3) is 0.353. The Morgan fingerprint density at radius 3 is 2.52 bits per heavy atom. The molecule has 23 heavy (non-hydrogen) atoms. The molecule has 3 rings (SSSR count). The Kier molecular flexibility index (Phi) is 3.90. The molecule has 0 spiro atoms. The van der Waals surface area contributed by atoms with Crippen LogP contribution in [0.5, 0.6) is 0 Å². The summed E-state index contributed by atoms with van der Waals surface area (Å²) < 4.78 is 1.94. The van der Waals surface area contributed by atoms with Crippen molar-refractivity contribution in [3.63, 3.8) is 0 Å². The van der Waals surface area contributed by atoms with Crippen molar-refractivity contribution in [2.45, 2.75) is 26.3 Å². The molecule has 1 saturated heterocycles. The smallest absolute Gasteiger partial charge is 0.308 e. The van der Waals surface area contributed by atoms with Crippen LogP contribution in [0.4, 0.5) is 5.69 Å². The molecule has 1 aliphatic heterocycles. The number of carboxylic acids is 1. The number of aliphatic carboxylic acids is 1. The molecule has 1 unspecified atom stereocenters. The van der Waals surface area contributed by atoms with Crippen molar-refractivity contribution >= 4 is 17.6 Å². The highest BCUT2D eigenvalue weighted by atomic mass is 16.4. The lowest BCUT2D eigenvalue weighted by Crippen LogP contribution is -2.25. The minimum atomic E-state index is -0.918. The number of amides is 1. The van der Waals surface area contributed by atoms with Gasteiger partial charge < -0.3 is 10.0 Å². The number of hydrogen-bond acceptors (Lipinski definition) is 3. The number of carbonyl (C=O) groups is 2. The van der Waals surface area contributed by atoms with Crippen LogP contribution >= 0.6 is 0 Å². The summed E-state index contributed by atoms with van der Waals surface area (Å²) in [4.78, 5) is 24.6. The number of benzene rings is 1. The van der Waals surface area contributed by atoms with Crippen molar-refractivity contribution in [2.24, 2.45) is 5.92 Å². The van der Waals surface area contributed by atoms with Crippen LogP contribution in [-0.2, 0) is 9.59 Å². The normalized spacial score (nSPS) is 18.0. The van der Waals surface area contributed by atoms with Crippen LogP contribution in [0.15, 0.2) is 36.5 Å². The minimum Gasteiger partial charge on any atom is -0.481 e. The van der Waals surface area contributed by atoms with E-state index in [-0.39, 0.29) is 24.9 Å². The van der Waals surface area contributed by atoms with Crippen molar-refractivity contribution in [3.05, 3.63) is 36.5 Å². The third kappa shape index (κ3) is 2.84. The van der Waals surface area contributed by atoms with E-state index in [4.69, 9.17) is 5.11 Å². The summed E-state index contributed by atoms with van der Waals surface area (Å²) in [6, 6.07) is 9.80. The summed E-state index contributed by atoms with van der Waals surface area (Å²) in [7, 11) is 0. The second-order valence-electron chi connectivity index (χ2n) is 6.05.